The Morgan fingerprint density at radius 3 is 3.00 bits per heavy atom. The minimum Gasteiger partial charge on any atom is -0.342 e. The van der Waals surface area contributed by atoms with Crippen LogP contribution in [0.5, 0.6) is 0 Å². The Morgan fingerprint density at radius 2 is 2.30 bits per heavy atom. The van der Waals surface area contributed by atoms with E-state index in [4.69, 9.17) is 0 Å². The SMILES string of the molecule is Cc1cc([C@H]2CCCN(C(=O)CCCn3ccnc3C)C2)n[nH]1. The van der Waals surface area contributed by atoms with Crippen LogP contribution in [0.1, 0.15) is 48.8 Å². The third-order valence-electron chi connectivity index (χ3n) is 4.63. The van der Waals surface area contributed by atoms with Crippen LogP contribution in [0.4, 0.5) is 0 Å². The highest BCUT2D eigenvalue weighted by atomic mass is 16.2. The van der Waals surface area contributed by atoms with Crippen molar-refractivity contribution in [3.05, 3.63) is 35.7 Å². The van der Waals surface area contributed by atoms with Crippen LogP contribution in [0.15, 0.2) is 18.5 Å². The summed E-state index contributed by atoms with van der Waals surface area (Å²) < 4.78 is 2.10. The summed E-state index contributed by atoms with van der Waals surface area (Å²) >= 11 is 0. The van der Waals surface area contributed by atoms with Gasteiger partial charge in [-0.25, -0.2) is 4.98 Å². The summed E-state index contributed by atoms with van der Waals surface area (Å²) in [5.41, 5.74) is 2.17. The third kappa shape index (κ3) is 3.81. The van der Waals surface area contributed by atoms with Crippen LogP contribution in [0, 0.1) is 13.8 Å². The van der Waals surface area contributed by atoms with Crippen LogP contribution < -0.4 is 0 Å². The number of carbonyl (C=O) groups excluding carboxylic acids is 1. The Balaban J connectivity index is 1.50. The minimum atomic E-state index is 0.264. The number of amides is 1. The zero-order valence-electron chi connectivity index (χ0n) is 14.0. The van der Waals surface area contributed by atoms with Crippen molar-refractivity contribution in [1.82, 2.24) is 24.6 Å². The van der Waals surface area contributed by atoms with Gasteiger partial charge in [0.05, 0.1) is 5.69 Å². The van der Waals surface area contributed by atoms with Gasteiger partial charge in [0.15, 0.2) is 0 Å². The first kappa shape index (κ1) is 15.8. The van der Waals surface area contributed by atoms with E-state index in [0.717, 1.165) is 56.1 Å². The number of aromatic nitrogens is 4. The monoisotopic (exact) mass is 315 g/mol. The summed E-state index contributed by atoms with van der Waals surface area (Å²) in [4.78, 5) is 18.7. The summed E-state index contributed by atoms with van der Waals surface area (Å²) in [6, 6.07) is 2.10. The van der Waals surface area contributed by atoms with Gasteiger partial charge in [0.25, 0.3) is 0 Å². The maximum absolute atomic E-state index is 12.5. The number of carbonyl (C=O) groups is 1. The molecule has 0 aromatic carbocycles. The normalized spacial score (nSPS) is 18.3. The molecule has 0 aliphatic carbocycles. The van der Waals surface area contributed by atoms with Crippen LogP contribution in [0.25, 0.3) is 0 Å². The molecule has 0 radical (unpaired) electrons. The molecule has 1 aliphatic heterocycles. The van der Waals surface area contributed by atoms with Crippen molar-refractivity contribution < 1.29 is 4.79 Å². The lowest BCUT2D eigenvalue weighted by atomic mass is 9.94. The Hall–Kier alpha value is -2.11. The first-order valence-corrected chi connectivity index (χ1v) is 8.41. The van der Waals surface area contributed by atoms with E-state index in [1.165, 1.54) is 0 Å². The van der Waals surface area contributed by atoms with Gasteiger partial charge >= 0.3 is 0 Å². The molecule has 23 heavy (non-hydrogen) atoms. The van der Waals surface area contributed by atoms with Gasteiger partial charge in [-0.05, 0) is 39.2 Å². The molecule has 3 heterocycles. The fourth-order valence-corrected chi connectivity index (χ4v) is 3.29. The highest BCUT2D eigenvalue weighted by Gasteiger charge is 2.25. The Bertz CT molecular complexity index is 659. The molecule has 0 spiro atoms. The van der Waals surface area contributed by atoms with Crippen LogP contribution in [0.3, 0.4) is 0 Å². The molecule has 0 unspecified atom stereocenters. The van der Waals surface area contributed by atoms with Gasteiger partial charge in [-0.15, -0.1) is 0 Å². The number of H-pyrrole nitrogens is 1. The van der Waals surface area contributed by atoms with E-state index in [1.807, 2.05) is 24.9 Å². The van der Waals surface area contributed by atoms with Crippen LogP contribution >= 0.6 is 0 Å². The molecule has 124 valence electrons. The second kappa shape index (κ2) is 6.98. The molecule has 1 N–H and O–H groups in total. The second-order valence-corrected chi connectivity index (χ2v) is 6.43. The summed E-state index contributed by atoms with van der Waals surface area (Å²) in [6.07, 6.45) is 7.41. The number of imidazole rings is 1. The van der Waals surface area contributed by atoms with E-state index in [2.05, 4.69) is 25.8 Å². The van der Waals surface area contributed by atoms with Crippen molar-refractivity contribution in [2.24, 2.45) is 0 Å². The van der Waals surface area contributed by atoms with E-state index in [-0.39, 0.29) is 5.91 Å². The quantitative estimate of drug-likeness (QED) is 0.921. The van der Waals surface area contributed by atoms with Crippen LogP contribution in [0.2, 0.25) is 0 Å². The van der Waals surface area contributed by atoms with Crippen molar-refractivity contribution in [2.45, 2.75) is 52.0 Å². The Morgan fingerprint density at radius 1 is 1.43 bits per heavy atom. The van der Waals surface area contributed by atoms with E-state index >= 15 is 0 Å². The summed E-state index contributed by atoms with van der Waals surface area (Å²) in [5.74, 6) is 1.64. The summed E-state index contributed by atoms with van der Waals surface area (Å²) in [7, 11) is 0. The van der Waals surface area contributed by atoms with Gasteiger partial charge in [-0.2, -0.15) is 5.10 Å². The average molecular weight is 315 g/mol. The number of hydrogen-bond acceptors (Lipinski definition) is 3. The number of nitrogens with one attached hydrogen (secondary N) is 1. The predicted octanol–water partition coefficient (Wildman–Crippen LogP) is 2.41. The molecule has 0 bridgehead atoms. The highest BCUT2D eigenvalue weighted by Crippen LogP contribution is 2.26. The molecule has 1 fully saturated rings. The molecule has 6 nitrogen and oxygen atoms in total. The largest absolute Gasteiger partial charge is 0.342 e. The zero-order valence-corrected chi connectivity index (χ0v) is 14.0. The van der Waals surface area contributed by atoms with E-state index in [9.17, 15) is 4.79 Å². The number of piperidine rings is 1. The molecule has 1 atom stereocenters. The van der Waals surface area contributed by atoms with E-state index in [1.54, 1.807) is 6.20 Å². The van der Waals surface area contributed by atoms with Gasteiger partial charge in [0, 0.05) is 50.1 Å². The average Bonchev–Trinajstić information content (AvgIpc) is 3.16. The molecule has 1 aliphatic rings. The lowest BCUT2D eigenvalue weighted by Crippen LogP contribution is -2.39. The van der Waals surface area contributed by atoms with E-state index in [0.29, 0.717) is 12.3 Å². The highest BCUT2D eigenvalue weighted by molar-refractivity contribution is 5.76. The number of hydrogen-bond donors (Lipinski definition) is 1. The summed E-state index contributed by atoms with van der Waals surface area (Å²) in [6.45, 7) is 6.53. The van der Waals surface area contributed by atoms with Gasteiger partial charge in [-0.3, -0.25) is 9.89 Å². The van der Waals surface area contributed by atoms with Crippen LogP contribution in [-0.4, -0.2) is 43.6 Å². The fourth-order valence-electron chi connectivity index (χ4n) is 3.29. The number of aromatic amines is 1. The number of rotatable bonds is 5. The molecule has 0 saturated carbocycles. The van der Waals surface area contributed by atoms with Gasteiger partial charge in [0.1, 0.15) is 5.82 Å². The zero-order chi connectivity index (χ0) is 16.2. The Labute approximate surface area is 136 Å². The predicted molar refractivity (Wildman–Crippen MR) is 88.1 cm³/mol. The first-order valence-electron chi connectivity index (χ1n) is 8.41. The minimum absolute atomic E-state index is 0.264. The lowest BCUT2D eigenvalue weighted by molar-refractivity contribution is -0.132. The number of likely N-dealkylation sites (tertiary alicyclic amines) is 1. The van der Waals surface area contributed by atoms with Gasteiger partial charge < -0.3 is 9.47 Å². The molecule has 1 amide bonds. The van der Waals surface area contributed by atoms with Crippen molar-refractivity contribution in [3.63, 3.8) is 0 Å². The molecular formula is C17H25N5O. The summed E-state index contributed by atoms with van der Waals surface area (Å²) in [5, 5.41) is 7.37. The maximum atomic E-state index is 12.5. The maximum Gasteiger partial charge on any atom is 0.222 e. The number of aryl methyl sites for hydroxylation is 3. The van der Waals surface area contributed by atoms with Crippen LogP contribution in [-0.2, 0) is 11.3 Å². The van der Waals surface area contributed by atoms with Crippen molar-refractivity contribution in [1.29, 1.82) is 0 Å². The fraction of sp³-hybridized carbons (Fsp3) is 0.588. The number of nitrogens with zero attached hydrogens (tertiary/aromatic N) is 4. The van der Waals surface area contributed by atoms with Crippen molar-refractivity contribution in [2.75, 3.05) is 13.1 Å². The Kier molecular flexibility index (Phi) is 4.79. The molecule has 6 heteroatoms. The third-order valence-corrected chi connectivity index (χ3v) is 4.63. The van der Waals surface area contributed by atoms with E-state index < -0.39 is 0 Å². The second-order valence-electron chi connectivity index (χ2n) is 6.43. The topological polar surface area (TPSA) is 66.8 Å². The van der Waals surface area contributed by atoms with Crippen molar-refractivity contribution in [3.8, 4) is 0 Å². The molecular weight excluding hydrogens is 290 g/mol. The van der Waals surface area contributed by atoms with Gasteiger partial charge in [-0.1, -0.05) is 0 Å². The molecule has 3 rings (SSSR count). The van der Waals surface area contributed by atoms with Crippen molar-refractivity contribution >= 4 is 5.91 Å². The lowest BCUT2D eigenvalue weighted by Gasteiger charge is -2.32. The molecule has 2 aromatic rings. The standard InChI is InChI=1S/C17H25N5O/c1-13-11-16(20-19-13)15-5-3-9-22(12-15)17(23)6-4-8-21-10-7-18-14(21)2/h7,10-11,15H,3-6,8-9,12H2,1-2H3,(H,19,20)/t15-/m0/s1. The van der Waals surface area contributed by atoms with Gasteiger partial charge in [0.2, 0.25) is 5.91 Å². The first-order chi connectivity index (χ1) is 11.1. The molecule has 1 saturated heterocycles. The molecule has 2 aromatic heterocycles. The smallest absolute Gasteiger partial charge is 0.222 e.